The summed E-state index contributed by atoms with van der Waals surface area (Å²) in [5.74, 6) is 0.0642. The van der Waals surface area contributed by atoms with E-state index in [1.807, 2.05) is 6.92 Å². The van der Waals surface area contributed by atoms with Gasteiger partial charge < -0.3 is 5.73 Å². The summed E-state index contributed by atoms with van der Waals surface area (Å²) in [7, 11) is 0. The van der Waals surface area contributed by atoms with Gasteiger partial charge in [-0.05, 0) is 30.2 Å². The molecule has 6 heteroatoms. The van der Waals surface area contributed by atoms with E-state index in [1.165, 1.54) is 18.5 Å². The molecule has 0 bridgehead atoms. The van der Waals surface area contributed by atoms with E-state index in [4.69, 9.17) is 18.0 Å². The molecule has 1 aromatic heterocycles. The van der Waals surface area contributed by atoms with Gasteiger partial charge >= 0.3 is 0 Å². The molecule has 1 heterocycles. The summed E-state index contributed by atoms with van der Waals surface area (Å²) in [5, 5.41) is 4.09. The quantitative estimate of drug-likeness (QED) is 0.837. The summed E-state index contributed by atoms with van der Waals surface area (Å²) in [5.41, 5.74) is 7.26. The molecule has 88 valence electrons. The molecule has 0 atom stereocenters. The third kappa shape index (κ3) is 2.65. The van der Waals surface area contributed by atoms with Gasteiger partial charge in [0.2, 0.25) is 5.82 Å². The van der Waals surface area contributed by atoms with Crippen LogP contribution in [0.1, 0.15) is 17.0 Å². The van der Waals surface area contributed by atoms with Crippen molar-refractivity contribution >= 4 is 17.2 Å². The van der Waals surface area contributed by atoms with Crippen LogP contribution in [0.3, 0.4) is 0 Å². The lowest BCUT2D eigenvalue weighted by atomic mass is 10.1. The Labute approximate surface area is 103 Å². The van der Waals surface area contributed by atoms with Crippen molar-refractivity contribution in [1.29, 1.82) is 0 Å². The van der Waals surface area contributed by atoms with Crippen LogP contribution in [0.5, 0.6) is 0 Å². The zero-order chi connectivity index (χ0) is 12.4. The smallest absolute Gasteiger partial charge is 0.208 e. The van der Waals surface area contributed by atoms with Crippen molar-refractivity contribution in [2.24, 2.45) is 5.73 Å². The first kappa shape index (κ1) is 11.7. The maximum atomic E-state index is 13.1. The van der Waals surface area contributed by atoms with Gasteiger partial charge in [0, 0.05) is 0 Å². The fourth-order valence-corrected chi connectivity index (χ4v) is 1.56. The van der Waals surface area contributed by atoms with Crippen molar-refractivity contribution in [1.82, 2.24) is 14.8 Å². The molecule has 0 spiro atoms. The molecular weight excluding hydrogens is 239 g/mol. The zero-order valence-corrected chi connectivity index (χ0v) is 10.0. The van der Waals surface area contributed by atoms with Crippen molar-refractivity contribution in [2.75, 3.05) is 0 Å². The molecule has 2 N–H and O–H groups in total. The van der Waals surface area contributed by atoms with E-state index in [0.717, 1.165) is 11.1 Å². The minimum Gasteiger partial charge on any atom is -0.387 e. The molecule has 0 fully saturated rings. The number of nitrogens with two attached hydrogens (primary N) is 1. The Balaban J connectivity index is 2.25. The fraction of sp³-hybridized carbons (Fsp3) is 0.182. The summed E-state index contributed by atoms with van der Waals surface area (Å²) in [4.78, 5) is 4.11. The van der Waals surface area contributed by atoms with Crippen molar-refractivity contribution in [3.8, 4) is 0 Å². The average molecular weight is 250 g/mol. The molecule has 0 aliphatic heterocycles. The number of nitrogens with zero attached hydrogens (tertiary/aromatic N) is 3. The number of aryl methyl sites for hydroxylation is 1. The second kappa shape index (κ2) is 4.58. The Morgan fingerprint density at radius 2 is 2.29 bits per heavy atom. The maximum Gasteiger partial charge on any atom is 0.208 e. The van der Waals surface area contributed by atoms with Gasteiger partial charge in [-0.1, -0.05) is 18.3 Å². The van der Waals surface area contributed by atoms with Crippen LogP contribution in [0.2, 0.25) is 0 Å². The SMILES string of the molecule is Cc1ccc(F)cc1Cn1cnc(C(N)=S)n1. The lowest BCUT2D eigenvalue weighted by Gasteiger charge is -2.05. The third-order valence-electron chi connectivity index (χ3n) is 2.40. The van der Waals surface area contributed by atoms with Crippen LogP contribution in [0.25, 0.3) is 0 Å². The number of hydrogen-bond acceptors (Lipinski definition) is 3. The fourth-order valence-electron chi connectivity index (χ4n) is 1.47. The topological polar surface area (TPSA) is 56.7 Å². The Bertz CT molecular complexity index is 564. The highest BCUT2D eigenvalue weighted by Gasteiger charge is 2.06. The number of hydrogen-bond donors (Lipinski definition) is 1. The minimum absolute atomic E-state index is 0.153. The van der Waals surface area contributed by atoms with Crippen LogP contribution in [-0.2, 0) is 6.54 Å². The molecule has 17 heavy (non-hydrogen) atoms. The normalized spacial score (nSPS) is 10.5. The molecule has 0 saturated carbocycles. The van der Waals surface area contributed by atoms with Crippen LogP contribution in [-0.4, -0.2) is 19.8 Å². The van der Waals surface area contributed by atoms with E-state index in [-0.39, 0.29) is 10.8 Å². The molecule has 2 rings (SSSR count). The third-order valence-corrected chi connectivity index (χ3v) is 2.58. The van der Waals surface area contributed by atoms with E-state index in [2.05, 4.69) is 10.1 Å². The molecule has 0 aliphatic carbocycles. The first-order valence-electron chi connectivity index (χ1n) is 5.00. The highest BCUT2D eigenvalue weighted by molar-refractivity contribution is 7.80. The van der Waals surface area contributed by atoms with Gasteiger partial charge in [-0.3, -0.25) is 0 Å². The van der Waals surface area contributed by atoms with Gasteiger partial charge in [0.25, 0.3) is 0 Å². The summed E-state index contributed by atoms with van der Waals surface area (Å²) < 4.78 is 14.7. The first-order chi connectivity index (χ1) is 8.06. The van der Waals surface area contributed by atoms with Crippen molar-refractivity contribution in [3.05, 3.63) is 47.3 Å². The number of benzene rings is 1. The van der Waals surface area contributed by atoms with E-state index >= 15 is 0 Å². The number of aromatic nitrogens is 3. The van der Waals surface area contributed by atoms with Gasteiger partial charge in [-0.25, -0.2) is 14.1 Å². The highest BCUT2D eigenvalue weighted by Crippen LogP contribution is 2.11. The molecule has 1 aromatic carbocycles. The van der Waals surface area contributed by atoms with Crippen LogP contribution in [0.4, 0.5) is 4.39 Å². The second-order valence-corrected chi connectivity index (χ2v) is 4.14. The summed E-state index contributed by atoms with van der Waals surface area (Å²) in [6.07, 6.45) is 1.53. The number of thiocarbonyl (C=S) groups is 1. The first-order valence-corrected chi connectivity index (χ1v) is 5.41. The zero-order valence-electron chi connectivity index (χ0n) is 9.22. The van der Waals surface area contributed by atoms with Crippen molar-refractivity contribution in [3.63, 3.8) is 0 Å². The van der Waals surface area contributed by atoms with Crippen LogP contribution in [0, 0.1) is 12.7 Å². The molecule has 0 amide bonds. The predicted octanol–water partition coefficient (Wildman–Crippen LogP) is 1.41. The lowest BCUT2D eigenvalue weighted by molar-refractivity contribution is 0.617. The lowest BCUT2D eigenvalue weighted by Crippen LogP contribution is -2.12. The molecule has 4 nitrogen and oxygen atoms in total. The standard InChI is InChI=1S/C11H11FN4S/c1-7-2-3-9(12)4-8(7)5-16-6-14-11(15-16)10(13)17/h2-4,6H,5H2,1H3,(H2,13,17). The predicted molar refractivity (Wildman–Crippen MR) is 66.1 cm³/mol. The van der Waals surface area contributed by atoms with E-state index in [0.29, 0.717) is 12.4 Å². The molecule has 0 saturated heterocycles. The van der Waals surface area contributed by atoms with Gasteiger partial charge in [0.1, 0.15) is 17.1 Å². The van der Waals surface area contributed by atoms with Crippen LogP contribution < -0.4 is 5.73 Å². The summed E-state index contributed by atoms with van der Waals surface area (Å²) >= 11 is 4.77. The Kier molecular flexibility index (Phi) is 3.14. The molecule has 2 aromatic rings. The summed E-state index contributed by atoms with van der Waals surface area (Å²) in [6, 6.07) is 4.65. The Morgan fingerprint density at radius 1 is 1.53 bits per heavy atom. The second-order valence-electron chi connectivity index (χ2n) is 3.70. The number of rotatable bonds is 3. The molecule has 0 radical (unpaired) electrons. The van der Waals surface area contributed by atoms with Crippen molar-refractivity contribution in [2.45, 2.75) is 13.5 Å². The highest BCUT2D eigenvalue weighted by atomic mass is 32.1. The van der Waals surface area contributed by atoms with Gasteiger partial charge in [-0.2, -0.15) is 0 Å². The van der Waals surface area contributed by atoms with Crippen molar-refractivity contribution < 1.29 is 4.39 Å². The molecular formula is C11H11FN4S. The monoisotopic (exact) mass is 250 g/mol. The number of halogens is 1. The Hall–Kier alpha value is -1.82. The largest absolute Gasteiger partial charge is 0.387 e. The maximum absolute atomic E-state index is 13.1. The van der Waals surface area contributed by atoms with E-state index < -0.39 is 0 Å². The van der Waals surface area contributed by atoms with Gasteiger partial charge in [0.15, 0.2) is 0 Å². The minimum atomic E-state index is -0.264. The Morgan fingerprint density at radius 3 is 2.94 bits per heavy atom. The van der Waals surface area contributed by atoms with E-state index in [9.17, 15) is 4.39 Å². The molecule has 0 unspecified atom stereocenters. The van der Waals surface area contributed by atoms with Crippen LogP contribution in [0.15, 0.2) is 24.5 Å². The van der Waals surface area contributed by atoms with Gasteiger partial charge in [-0.15, -0.1) is 5.10 Å². The molecule has 0 aliphatic rings. The van der Waals surface area contributed by atoms with E-state index in [1.54, 1.807) is 10.7 Å². The summed E-state index contributed by atoms with van der Waals surface area (Å²) in [6.45, 7) is 2.36. The van der Waals surface area contributed by atoms with Gasteiger partial charge in [0.05, 0.1) is 6.54 Å². The van der Waals surface area contributed by atoms with Crippen LogP contribution >= 0.6 is 12.2 Å². The average Bonchev–Trinajstić information content (AvgIpc) is 2.72.